The molecule has 1 unspecified atom stereocenters. The number of hydrogen-bond acceptors (Lipinski definition) is 3. The lowest BCUT2D eigenvalue weighted by Gasteiger charge is -2.06. The summed E-state index contributed by atoms with van der Waals surface area (Å²) in [5.41, 5.74) is 0.208. The van der Waals surface area contributed by atoms with Crippen molar-refractivity contribution in [1.82, 2.24) is 4.57 Å². The van der Waals surface area contributed by atoms with Crippen molar-refractivity contribution in [3.63, 3.8) is 0 Å². The first kappa shape index (κ1) is 9.49. The fourth-order valence-electron chi connectivity index (χ4n) is 1.02. The zero-order valence-corrected chi connectivity index (χ0v) is 7.27. The van der Waals surface area contributed by atoms with Crippen molar-refractivity contribution in [2.45, 2.75) is 19.6 Å². The third-order valence-corrected chi connectivity index (χ3v) is 1.57. The molecule has 0 fully saturated rings. The number of aliphatic hydroxyl groups excluding tert-OH is 1. The molecule has 1 rings (SSSR count). The van der Waals surface area contributed by atoms with Crippen LogP contribution in [0.5, 0.6) is 0 Å². The predicted octanol–water partition coefficient (Wildman–Crippen LogP) is 0.101. The fraction of sp³-hybridized carbons (Fsp3) is 0.333. The highest BCUT2D eigenvalue weighted by Crippen LogP contribution is 1.94. The number of nitrogens with zero attached hydrogens (tertiary/aromatic N) is 2. The monoisotopic (exact) mass is 178 g/mol. The summed E-state index contributed by atoms with van der Waals surface area (Å²) < 4.78 is 1.32. The first-order chi connectivity index (χ1) is 6.13. The van der Waals surface area contributed by atoms with E-state index in [4.69, 9.17) is 10.4 Å². The van der Waals surface area contributed by atoms with Gasteiger partial charge in [0.2, 0.25) is 0 Å². The van der Waals surface area contributed by atoms with Crippen LogP contribution in [0.15, 0.2) is 23.1 Å². The summed E-state index contributed by atoms with van der Waals surface area (Å²) in [7, 11) is 0. The number of rotatable bonds is 2. The summed E-state index contributed by atoms with van der Waals surface area (Å²) in [5.74, 6) is 0. The van der Waals surface area contributed by atoms with Crippen LogP contribution in [0.25, 0.3) is 0 Å². The molecule has 0 aliphatic carbocycles. The number of hydrogen-bond donors (Lipinski definition) is 1. The second kappa shape index (κ2) is 3.87. The van der Waals surface area contributed by atoms with E-state index >= 15 is 0 Å². The van der Waals surface area contributed by atoms with E-state index in [-0.39, 0.29) is 12.1 Å². The number of pyridine rings is 1. The van der Waals surface area contributed by atoms with Gasteiger partial charge in [0.25, 0.3) is 5.56 Å². The normalized spacial score (nSPS) is 12.1. The van der Waals surface area contributed by atoms with E-state index in [0.717, 1.165) is 0 Å². The molecule has 0 aliphatic heterocycles. The molecule has 4 heteroatoms. The van der Waals surface area contributed by atoms with Gasteiger partial charge in [0.05, 0.1) is 18.2 Å². The van der Waals surface area contributed by atoms with Crippen LogP contribution in [-0.2, 0) is 6.54 Å². The molecule has 1 heterocycles. The van der Waals surface area contributed by atoms with Crippen molar-refractivity contribution in [2.24, 2.45) is 0 Å². The Bertz CT molecular complexity index is 387. The summed E-state index contributed by atoms with van der Waals surface area (Å²) in [6.45, 7) is 1.81. The van der Waals surface area contributed by atoms with Crippen molar-refractivity contribution in [1.29, 1.82) is 5.26 Å². The van der Waals surface area contributed by atoms with E-state index in [2.05, 4.69) is 0 Å². The van der Waals surface area contributed by atoms with Crippen molar-refractivity contribution in [3.8, 4) is 6.07 Å². The van der Waals surface area contributed by atoms with Gasteiger partial charge in [-0.05, 0) is 13.0 Å². The summed E-state index contributed by atoms with van der Waals surface area (Å²) >= 11 is 0. The molecule has 0 spiro atoms. The van der Waals surface area contributed by atoms with E-state index in [1.807, 2.05) is 6.07 Å². The quantitative estimate of drug-likeness (QED) is 0.698. The van der Waals surface area contributed by atoms with E-state index in [1.54, 1.807) is 6.92 Å². The first-order valence-electron chi connectivity index (χ1n) is 3.92. The van der Waals surface area contributed by atoms with Gasteiger partial charge in [0.15, 0.2) is 0 Å². The molecule has 1 N–H and O–H groups in total. The van der Waals surface area contributed by atoms with Crippen LogP contribution in [0.3, 0.4) is 0 Å². The lowest BCUT2D eigenvalue weighted by molar-refractivity contribution is 0.172. The summed E-state index contributed by atoms with van der Waals surface area (Å²) in [4.78, 5) is 11.2. The zero-order chi connectivity index (χ0) is 9.84. The Morgan fingerprint density at radius 2 is 2.38 bits per heavy atom. The molecule has 0 saturated heterocycles. The molecule has 1 atom stereocenters. The topological polar surface area (TPSA) is 66.0 Å². The van der Waals surface area contributed by atoms with E-state index in [9.17, 15) is 4.79 Å². The molecular formula is C9H10N2O2. The first-order valence-corrected chi connectivity index (χ1v) is 3.92. The van der Waals surface area contributed by atoms with Crippen LogP contribution in [-0.4, -0.2) is 15.8 Å². The highest BCUT2D eigenvalue weighted by Gasteiger charge is 2.01. The Labute approximate surface area is 75.7 Å². The molecule has 0 amide bonds. The van der Waals surface area contributed by atoms with Gasteiger partial charge in [-0.25, -0.2) is 0 Å². The van der Waals surface area contributed by atoms with E-state index in [0.29, 0.717) is 5.56 Å². The Kier molecular flexibility index (Phi) is 2.83. The van der Waals surface area contributed by atoms with Gasteiger partial charge in [-0.1, -0.05) is 0 Å². The van der Waals surface area contributed by atoms with Crippen LogP contribution in [0.2, 0.25) is 0 Å². The Morgan fingerprint density at radius 1 is 1.69 bits per heavy atom. The standard InChI is InChI=1S/C9H10N2O2/c1-7(12)5-11-6-8(4-10)2-3-9(11)13/h2-3,6-7,12H,5H2,1H3. The van der Waals surface area contributed by atoms with Crippen molar-refractivity contribution in [2.75, 3.05) is 0 Å². The number of nitriles is 1. The molecule has 4 nitrogen and oxygen atoms in total. The fourth-order valence-corrected chi connectivity index (χ4v) is 1.02. The van der Waals surface area contributed by atoms with Crippen molar-refractivity contribution in [3.05, 3.63) is 34.2 Å². The Hall–Kier alpha value is -1.60. The minimum absolute atomic E-state index is 0.208. The summed E-state index contributed by atoms with van der Waals surface area (Å²) in [6, 6.07) is 4.71. The van der Waals surface area contributed by atoms with Gasteiger partial charge in [0, 0.05) is 12.3 Å². The molecule has 0 aromatic carbocycles. The SMILES string of the molecule is CC(O)Cn1cc(C#N)ccc1=O. The average molecular weight is 178 g/mol. The van der Waals surface area contributed by atoms with Crippen molar-refractivity contribution < 1.29 is 5.11 Å². The summed E-state index contributed by atoms with van der Waals surface area (Å²) in [6.07, 6.45) is 0.848. The van der Waals surface area contributed by atoms with Crippen LogP contribution in [0.1, 0.15) is 12.5 Å². The van der Waals surface area contributed by atoms with Crippen LogP contribution >= 0.6 is 0 Å². The van der Waals surface area contributed by atoms with Crippen molar-refractivity contribution >= 4 is 0 Å². The minimum Gasteiger partial charge on any atom is -0.392 e. The molecule has 13 heavy (non-hydrogen) atoms. The maximum absolute atomic E-state index is 11.2. The third-order valence-electron chi connectivity index (χ3n) is 1.57. The van der Waals surface area contributed by atoms with E-state index < -0.39 is 6.10 Å². The van der Waals surface area contributed by atoms with Crippen LogP contribution in [0.4, 0.5) is 0 Å². The maximum Gasteiger partial charge on any atom is 0.250 e. The lowest BCUT2D eigenvalue weighted by atomic mass is 10.3. The largest absolute Gasteiger partial charge is 0.392 e. The van der Waals surface area contributed by atoms with Gasteiger partial charge in [-0.15, -0.1) is 0 Å². The molecule has 1 aromatic heterocycles. The minimum atomic E-state index is -0.591. The molecule has 0 bridgehead atoms. The Balaban J connectivity index is 3.06. The second-order valence-corrected chi connectivity index (χ2v) is 2.87. The van der Waals surface area contributed by atoms with Gasteiger partial charge in [0.1, 0.15) is 6.07 Å². The highest BCUT2D eigenvalue weighted by molar-refractivity contribution is 5.24. The molecule has 0 aliphatic rings. The van der Waals surface area contributed by atoms with E-state index in [1.165, 1.54) is 22.9 Å². The van der Waals surface area contributed by atoms with Crippen LogP contribution in [0, 0.1) is 11.3 Å². The maximum atomic E-state index is 11.2. The zero-order valence-electron chi connectivity index (χ0n) is 7.27. The molecule has 68 valence electrons. The predicted molar refractivity (Wildman–Crippen MR) is 47.1 cm³/mol. The highest BCUT2D eigenvalue weighted by atomic mass is 16.3. The molecular weight excluding hydrogens is 168 g/mol. The molecule has 0 radical (unpaired) electrons. The Morgan fingerprint density at radius 3 is 2.92 bits per heavy atom. The summed E-state index contributed by atoms with van der Waals surface area (Å²) in [5, 5.41) is 17.6. The third kappa shape index (κ3) is 2.42. The molecule has 0 saturated carbocycles. The van der Waals surface area contributed by atoms with Gasteiger partial charge in [-0.2, -0.15) is 5.26 Å². The molecule has 1 aromatic rings. The van der Waals surface area contributed by atoms with Gasteiger partial charge < -0.3 is 9.67 Å². The van der Waals surface area contributed by atoms with Gasteiger partial charge in [-0.3, -0.25) is 4.79 Å². The smallest absolute Gasteiger partial charge is 0.250 e. The lowest BCUT2D eigenvalue weighted by Crippen LogP contribution is -2.24. The second-order valence-electron chi connectivity index (χ2n) is 2.87. The average Bonchev–Trinajstić information content (AvgIpc) is 2.08. The van der Waals surface area contributed by atoms with Crippen LogP contribution < -0.4 is 5.56 Å². The van der Waals surface area contributed by atoms with Gasteiger partial charge >= 0.3 is 0 Å². The number of aromatic nitrogens is 1. The number of aliphatic hydroxyl groups is 1.